The molecule has 130 valence electrons. The number of nitrogens with two attached hydrogens (primary N) is 1. The number of nitrogens with one attached hydrogen (secondary N) is 1. The first-order valence-corrected chi connectivity index (χ1v) is 7.82. The smallest absolute Gasteiger partial charge is 0.244 e. The summed E-state index contributed by atoms with van der Waals surface area (Å²) in [6.07, 6.45) is -0.174. The minimum Gasteiger partial charge on any atom is -0.368 e. The number of amides is 2. The van der Waals surface area contributed by atoms with Gasteiger partial charge in [0, 0.05) is 12.3 Å². The van der Waals surface area contributed by atoms with E-state index in [0.717, 1.165) is 0 Å². The summed E-state index contributed by atoms with van der Waals surface area (Å²) in [5.74, 6) is -3.04. The Balaban J connectivity index is 2.05. The molecule has 2 amide bonds. The van der Waals surface area contributed by atoms with Gasteiger partial charge in [0.1, 0.15) is 11.9 Å². The molecule has 0 radical (unpaired) electrons. The highest BCUT2D eigenvalue weighted by atomic mass is 19.1. The van der Waals surface area contributed by atoms with Crippen molar-refractivity contribution in [2.24, 2.45) is 11.7 Å². The van der Waals surface area contributed by atoms with E-state index >= 15 is 0 Å². The summed E-state index contributed by atoms with van der Waals surface area (Å²) in [5, 5.41) is 2.54. The number of hydrogen-bond acceptors (Lipinski definition) is 3. The van der Waals surface area contributed by atoms with Crippen LogP contribution in [-0.2, 0) is 9.59 Å². The van der Waals surface area contributed by atoms with Crippen molar-refractivity contribution in [1.29, 1.82) is 0 Å². The molecule has 0 aliphatic rings. The molecular weight excluding hydrogens is 323 g/mol. The summed E-state index contributed by atoms with van der Waals surface area (Å²) in [6.45, 7) is 1.54. The zero-order valence-electron chi connectivity index (χ0n) is 13.7. The molecule has 0 fully saturated rings. The SMILES string of the molecule is CC(CC(=O)c1ccccc1F)C(=O)NC(C(N)=O)c1ccccc1. The predicted octanol–water partition coefficient (Wildman–Crippen LogP) is 2.38. The molecule has 0 aliphatic heterocycles. The van der Waals surface area contributed by atoms with E-state index in [1.54, 1.807) is 36.4 Å². The van der Waals surface area contributed by atoms with Gasteiger partial charge < -0.3 is 11.1 Å². The second-order valence-electron chi connectivity index (χ2n) is 5.76. The van der Waals surface area contributed by atoms with E-state index in [-0.39, 0.29) is 12.0 Å². The van der Waals surface area contributed by atoms with E-state index in [2.05, 4.69) is 5.32 Å². The van der Waals surface area contributed by atoms with Gasteiger partial charge in [-0.2, -0.15) is 0 Å². The minimum absolute atomic E-state index is 0.0586. The summed E-state index contributed by atoms with van der Waals surface area (Å²) in [6, 6.07) is 13.2. The van der Waals surface area contributed by atoms with Crippen molar-refractivity contribution >= 4 is 17.6 Å². The van der Waals surface area contributed by atoms with Gasteiger partial charge in [0.2, 0.25) is 11.8 Å². The number of rotatable bonds is 7. The van der Waals surface area contributed by atoms with E-state index in [1.807, 2.05) is 0 Å². The van der Waals surface area contributed by atoms with Crippen LogP contribution >= 0.6 is 0 Å². The number of primary amides is 1. The molecule has 0 aromatic heterocycles. The van der Waals surface area contributed by atoms with Crippen LogP contribution in [0.15, 0.2) is 54.6 Å². The van der Waals surface area contributed by atoms with Gasteiger partial charge in [0.15, 0.2) is 5.78 Å². The molecule has 6 heteroatoms. The fourth-order valence-corrected chi connectivity index (χ4v) is 2.42. The fourth-order valence-electron chi connectivity index (χ4n) is 2.42. The third-order valence-electron chi connectivity index (χ3n) is 3.82. The zero-order chi connectivity index (χ0) is 18.4. The predicted molar refractivity (Wildman–Crippen MR) is 91.0 cm³/mol. The topological polar surface area (TPSA) is 89.3 Å². The molecule has 0 saturated heterocycles. The van der Waals surface area contributed by atoms with E-state index in [9.17, 15) is 18.8 Å². The van der Waals surface area contributed by atoms with Crippen LogP contribution in [0.25, 0.3) is 0 Å². The van der Waals surface area contributed by atoms with Crippen molar-refractivity contribution in [2.45, 2.75) is 19.4 Å². The van der Waals surface area contributed by atoms with Crippen LogP contribution in [0.1, 0.15) is 35.3 Å². The molecule has 0 spiro atoms. The van der Waals surface area contributed by atoms with Crippen molar-refractivity contribution in [2.75, 3.05) is 0 Å². The summed E-state index contributed by atoms with van der Waals surface area (Å²) >= 11 is 0. The number of Topliss-reactive ketones (excluding diaryl/α,β-unsaturated/α-hetero) is 1. The van der Waals surface area contributed by atoms with Gasteiger partial charge in [0.25, 0.3) is 0 Å². The molecule has 0 aliphatic carbocycles. The van der Waals surface area contributed by atoms with Crippen LogP contribution in [0.3, 0.4) is 0 Å². The minimum atomic E-state index is -0.986. The Hall–Kier alpha value is -3.02. The number of carbonyl (C=O) groups excluding carboxylic acids is 3. The summed E-state index contributed by atoms with van der Waals surface area (Å²) in [4.78, 5) is 36.1. The van der Waals surface area contributed by atoms with E-state index < -0.39 is 35.4 Å². The highest BCUT2D eigenvalue weighted by molar-refractivity contribution is 5.99. The van der Waals surface area contributed by atoms with Gasteiger partial charge in [-0.15, -0.1) is 0 Å². The number of hydrogen-bond donors (Lipinski definition) is 2. The van der Waals surface area contributed by atoms with Gasteiger partial charge in [-0.3, -0.25) is 14.4 Å². The van der Waals surface area contributed by atoms with Crippen molar-refractivity contribution in [3.05, 3.63) is 71.5 Å². The van der Waals surface area contributed by atoms with Crippen molar-refractivity contribution in [3.63, 3.8) is 0 Å². The Labute approximate surface area is 145 Å². The maximum Gasteiger partial charge on any atom is 0.244 e. The second kappa shape index (κ2) is 8.19. The van der Waals surface area contributed by atoms with Crippen LogP contribution in [0.2, 0.25) is 0 Å². The first kappa shape index (κ1) is 18.3. The van der Waals surface area contributed by atoms with Gasteiger partial charge in [-0.1, -0.05) is 49.4 Å². The Morgan fingerprint density at radius 2 is 1.64 bits per heavy atom. The molecule has 2 rings (SSSR count). The lowest BCUT2D eigenvalue weighted by molar-refractivity contribution is -0.129. The van der Waals surface area contributed by atoms with Crippen LogP contribution in [0.4, 0.5) is 4.39 Å². The molecule has 0 saturated carbocycles. The molecule has 2 unspecified atom stereocenters. The number of halogens is 1. The van der Waals surface area contributed by atoms with E-state index in [0.29, 0.717) is 5.56 Å². The molecule has 2 atom stereocenters. The Morgan fingerprint density at radius 1 is 1.04 bits per heavy atom. The largest absolute Gasteiger partial charge is 0.368 e. The lowest BCUT2D eigenvalue weighted by Crippen LogP contribution is -2.40. The number of ketones is 1. The van der Waals surface area contributed by atoms with Crippen molar-refractivity contribution in [3.8, 4) is 0 Å². The maximum atomic E-state index is 13.6. The van der Waals surface area contributed by atoms with Crippen LogP contribution in [0.5, 0.6) is 0 Å². The normalized spacial score (nSPS) is 12.9. The number of benzene rings is 2. The van der Waals surface area contributed by atoms with Crippen LogP contribution in [-0.4, -0.2) is 17.6 Å². The summed E-state index contributed by atoms with van der Waals surface area (Å²) < 4.78 is 13.6. The molecule has 0 heterocycles. The van der Waals surface area contributed by atoms with Gasteiger partial charge in [0.05, 0.1) is 5.56 Å². The average Bonchev–Trinajstić information content (AvgIpc) is 2.60. The first-order chi connectivity index (χ1) is 11.9. The average molecular weight is 342 g/mol. The summed E-state index contributed by atoms with van der Waals surface area (Å²) in [5.41, 5.74) is 5.85. The molecule has 2 aromatic carbocycles. The Kier molecular flexibility index (Phi) is 6.00. The van der Waals surface area contributed by atoms with Gasteiger partial charge in [-0.25, -0.2) is 4.39 Å². The molecule has 0 bridgehead atoms. The molecule has 2 aromatic rings. The van der Waals surface area contributed by atoms with Crippen LogP contribution < -0.4 is 11.1 Å². The van der Waals surface area contributed by atoms with E-state index in [1.165, 1.54) is 25.1 Å². The number of carbonyl (C=O) groups is 3. The quantitative estimate of drug-likeness (QED) is 0.757. The molecular formula is C19H19FN2O3. The lowest BCUT2D eigenvalue weighted by atomic mass is 9.97. The zero-order valence-corrected chi connectivity index (χ0v) is 13.7. The summed E-state index contributed by atoms with van der Waals surface area (Å²) in [7, 11) is 0. The standard InChI is InChI=1S/C19H19FN2O3/c1-12(11-16(23)14-9-5-6-10-15(14)20)19(25)22-17(18(21)24)13-7-3-2-4-8-13/h2-10,12,17H,11H2,1H3,(H2,21,24)(H,22,25). The van der Waals surface area contributed by atoms with Crippen molar-refractivity contribution < 1.29 is 18.8 Å². The molecule has 3 N–H and O–H groups in total. The maximum absolute atomic E-state index is 13.6. The first-order valence-electron chi connectivity index (χ1n) is 7.82. The Bertz CT molecular complexity index is 777. The highest BCUT2D eigenvalue weighted by Crippen LogP contribution is 2.16. The third-order valence-corrected chi connectivity index (χ3v) is 3.82. The van der Waals surface area contributed by atoms with E-state index in [4.69, 9.17) is 5.73 Å². The molecule has 25 heavy (non-hydrogen) atoms. The highest BCUT2D eigenvalue weighted by Gasteiger charge is 2.25. The third kappa shape index (κ3) is 4.73. The Morgan fingerprint density at radius 3 is 2.24 bits per heavy atom. The van der Waals surface area contributed by atoms with Crippen molar-refractivity contribution in [1.82, 2.24) is 5.32 Å². The molecule has 5 nitrogen and oxygen atoms in total. The van der Waals surface area contributed by atoms with Gasteiger partial charge in [-0.05, 0) is 17.7 Å². The monoisotopic (exact) mass is 342 g/mol. The van der Waals surface area contributed by atoms with Crippen LogP contribution in [0, 0.1) is 11.7 Å². The van der Waals surface area contributed by atoms with Gasteiger partial charge >= 0.3 is 0 Å². The second-order valence-corrected chi connectivity index (χ2v) is 5.76. The fraction of sp³-hybridized carbons (Fsp3) is 0.211. The lowest BCUT2D eigenvalue weighted by Gasteiger charge is -2.18.